The fraction of sp³-hybridized carbons (Fsp3) is 0.478. The summed E-state index contributed by atoms with van der Waals surface area (Å²) in [5, 5.41) is 6.77. The van der Waals surface area contributed by atoms with Crippen LogP contribution in [0.1, 0.15) is 104 Å². The number of benzene rings is 2. The molecule has 0 spiro atoms. The molecule has 60 heavy (non-hydrogen) atoms. The molecule has 0 radical (unpaired) electrons. The molecule has 2 aromatic carbocycles. The predicted molar refractivity (Wildman–Crippen MR) is 233 cm³/mol. The number of nitrogens with zero attached hydrogens (tertiary/aromatic N) is 3. The number of pyridine rings is 1. The van der Waals surface area contributed by atoms with E-state index in [2.05, 4.69) is 47.2 Å². The Kier molecular flexibility index (Phi) is 11.7. The molecule has 1 amide bonds. The Bertz CT molecular complexity index is 2320. The zero-order valence-electron chi connectivity index (χ0n) is 36.1. The van der Waals surface area contributed by atoms with E-state index in [1.165, 1.54) is 0 Å². The second kappa shape index (κ2) is 16.1. The smallest absolute Gasteiger partial charge is 0.265 e. The second-order valence-electron chi connectivity index (χ2n) is 19.3. The number of carbonyl (C=O) groups is 4. The molecule has 3 aliphatic carbocycles. The Morgan fingerprint density at radius 2 is 1.53 bits per heavy atom. The molecule has 0 bridgehead atoms. The van der Waals surface area contributed by atoms with Crippen LogP contribution in [-0.2, 0) is 33.6 Å². The average molecular weight is 900 g/mol. The minimum absolute atomic E-state index is 0.0279. The minimum Gasteiger partial charge on any atom is -0.484 e. The van der Waals surface area contributed by atoms with E-state index in [9.17, 15) is 4.79 Å². The van der Waals surface area contributed by atoms with Gasteiger partial charge < -0.3 is 23.7 Å². The molecule has 0 saturated heterocycles. The lowest BCUT2D eigenvalue weighted by Gasteiger charge is -2.56. The number of rotatable bonds is 11. The van der Waals surface area contributed by atoms with Crippen LogP contribution < -0.4 is 14.8 Å². The van der Waals surface area contributed by atoms with E-state index >= 15 is 14.4 Å². The van der Waals surface area contributed by atoms with Crippen molar-refractivity contribution in [3.05, 3.63) is 98.8 Å². The number of anilines is 1. The van der Waals surface area contributed by atoms with Gasteiger partial charge in [0, 0.05) is 12.3 Å². The van der Waals surface area contributed by atoms with Gasteiger partial charge in [0.15, 0.2) is 42.8 Å². The Balaban J connectivity index is 1.38. The van der Waals surface area contributed by atoms with Crippen LogP contribution in [0.3, 0.4) is 0 Å². The van der Waals surface area contributed by atoms with Crippen molar-refractivity contribution < 1.29 is 37.6 Å². The Morgan fingerprint density at radius 1 is 0.933 bits per heavy atom. The Morgan fingerprint density at radius 3 is 2.10 bits per heavy atom. The van der Waals surface area contributed by atoms with Gasteiger partial charge >= 0.3 is 0 Å². The number of Topliss-reactive ketones (excluding diaryl/α,β-unsaturated/α-hetero) is 3. The van der Waals surface area contributed by atoms with Gasteiger partial charge in [0.05, 0.1) is 17.5 Å². The van der Waals surface area contributed by atoms with Crippen LogP contribution in [0.25, 0.3) is 0 Å². The van der Waals surface area contributed by atoms with Crippen molar-refractivity contribution in [3.8, 4) is 11.6 Å². The molecule has 2 aromatic heterocycles. The lowest BCUT2D eigenvalue weighted by atomic mass is 9.54. The Labute approximate surface area is 361 Å². The molecule has 3 aliphatic rings. The van der Waals surface area contributed by atoms with E-state index in [1.54, 1.807) is 0 Å². The number of aromatic nitrogens is 2. The van der Waals surface area contributed by atoms with Crippen LogP contribution in [0.2, 0.25) is 18.1 Å². The highest BCUT2D eigenvalue weighted by Crippen LogP contribution is 2.59. The summed E-state index contributed by atoms with van der Waals surface area (Å²) in [6.07, 6.45) is 0.741. The van der Waals surface area contributed by atoms with Crippen LogP contribution >= 0.6 is 15.9 Å². The maximum absolute atomic E-state index is 15.9. The monoisotopic (exact) mass is 898 g/mol. The van der Waals surface area contributed by atoms with Gasteiger partial charge in [-0.2, -0.15) is 0 Å². The first kappa shape index (κ1) is 43.6. The summed E-state index contributed by atoms with van der Waals surface area (Å²) in [5.74, 6) is -4.12. The maximum Gasteiger partial charge on any atom is 0.265 e. The summed E-state index contributed by atoms with van der Waals surface area (Å²) < 4.78 is 26.3. The number of ether oxygens (including phenoxy) is 2. The predicted octanol–water partition coefficient (Wildman–Crippen LogP) is 9.18. The number of fused-ring (bicyclic) bond motifs is 4. The lowest BCUT2D eigenvalue weighted by molar-refractivity contribution is -0.151. The van der Waals surface area contributed by atoms with Gasteiger partial charge in [0.2, 0.25) is 11.7 Å². The second-order valence-corrected chi connectivity index (χ2v) is 24.8. The van der Waals surface area contributed by atoms with Crippen molar-refractivity contribution in [2.45, 2.75) is 104 Å². The van der Waals surface area contributed by atoms with E-state index in [1.807, 2.05) is 114 Å². The summed E-state index contributed by atoms with van der Waals surface area (Å²) in [7, 11) is 0.780. The van der Waals surface area contributed by atoms with Crippen molar-refractivity contribution in [2.75, 3.05) is 19.4 Å². The Hall–Kier alpha value is -4.50. The zero-order valence-corrected chi connectivity index (χ0v) is 38.7. The van der Waals surface area contributed by atoms with Crippen molar-refractivity contribution in [1.29, 1.82) is 0 Å². The van der Waals surface area contributed by atoms with Gasteiger partial charge in [0.25, 0.3) is 5.88 Å². The van der Waals surface area contributed by atoms with Crippen LogP contribution in [0.5, 0.6) is 11.6 Å². The highest BCUT2D eigenvalue weighted by atomic mass is 79.9. The third-order valence-corrected chi connectivity index (χ3v) is 17.6. The summed E-state index contributed by atoms with van der Waals surface area (Å²) in [5.41, 5.74) is 0.0596. The molecule has 4 aromatic rings. The fourth-order valence-corrected chi connectivity index (χ4v) is 10.7. The lowest BCUT2D eigenvalue weighted by Crippen LogP contribution is -2.70. The van der Waals surface area contributed by atoms with Crippen LogP contribution in [0.15, 0.2) is 69.8 Å². The molecule has 318 valence electrons. The number of amides is 1. The molecule has 14 heteroatoms. The number of halogens is 1. The summed E-state index contributed by atoms with van der Waals surface area (Å²) >= 11 is 3.64. The largest absolute Gasteiger partial charge is 0.484 e. The zero-order chi connectivity index (χ0) is 43.5. The third kappa shape index (κ3) is 7.91. The molecule has 2 heterocycles. The number of hydrogen-bond acceptors (Lipinski definition) is 11. The number of carbonyl (C=O) groups excluding carboxylic acids is 4. The molecule has 1 saturated carbocycles. The van der Waals surface area contributed by atoms with Crippen LogP contribution in [-0.4, -0.2) is 66.3 Å². The van der Waals surface area contributed by atoms with E-state index in [-0.39, 0.29) is 72.4 Å². The highest BCUT2D eigenvalue weighted by molar-refractivity contribution is 9.10. The van der Waals surface area contributed by atoms with Gasteiger partial charge in [-0.25, -0.2) is 4.98 Å². The maximum atomic E-state index is 15.9. The first-order valence-electron chi connectivity index (χ1n) is 20.5. The van der Waals surface area contributed by atoms with Crippen LogP contribution in [0.4, 0.5) is 5.82 Å². The normalized spacial score (nSPS) is 22.8. The van der Waals surface area contributed by atoms with E-state index in [4.69, 9.17) is 23.4 Å². The summed E-state index contributed by atoms with van der Waals surface area (Å²) in [4.78, 5) is 67.1. The standard InChI is InChI=1S/C46H55BrN4O8Si/c1-44(2,3)23-31(52)48-42-38(56-24-26-17-13-11-14-18-26)33-29(41(47)49-42)21-28-22-30-35(51(7)8)37-34(43(50-58-37)57-25-27-19-15-12-16-20-27)40(55)46(30,39(54)32(28)36(33)53)59-60(9,10)45(4,5)6/h11-20,28,30,32,35H,21-25H2,1-10H3,(H,48,49,52)/t28-,30-,32?,35-,46-/m0/s1. The van der Waals surface area contributed by atoms with Crippen molar-refractivity contribution in [2.24, 2.45) is 23.2 Å². The number of nitrogens with one attached hydrogen (secondary N) is 1. The minimum atomic E-state index is -2.97. The van der Waals surface area contributed by atoms with E-state index in [0.29, 0.717) is 15.9 Å². The number of ketones is 3. The van der Waals surface area contributed by atoms with E-state index < -0.39 is 60.1 Å². The molecular formula is C46H55BrN4O8Si. The molecule has 1 fully saturated rings. The first-order valence-corrected chi connectivity index (χ1v) is 24.2. The quantitative estimate of drug-likeness (QED) is 0.0872. The summed E-state index contributed by atoms with van der Waals surface area (Å²) in [6, 6.07) is 18.3. The van der Waals surface area contributed by atoms with Crippen molar-refractivity contribution in [3.63, 3.8) is 0 Å². The molecule has 7 rings (SSSR count). The molecule has 5 atom stereocenters. The average Bonchev–Trinajstić information content (AvgIpc) is 3.58. The SMILES string of the molecule is CN(C)[C@@H]1c2onc(OCc3ccccc3)c2C(=O)[C@@]2(O[Si](C)(C)C(C)(C)C)C(=O)C3C(=O)c4c(c(Br)nc(NC(=O)CC(C)(C)C)c4OCc4ccccc4)C[C@H]3C[C@@H]12. The van der Waals surface area contributed by atoms with Gasteiger partial charge in [0.1, 0.15) is 23.4 Å². The van der Waals surface area contributed by atoms with Crippen LogP contribution in [0, 0.1) is 23.2 Å². The highest BCUT2D eigenvalue weighted by Gasteiger charge is 2.70. The molecular weight excluding hydrogens is 845 g/mol. The van der Waals surface area contributed by atoms with Gasteiger partial charge in [-0.1, -0.05) is 102 Å². The topological polar surface area (TPSA) is 150 Å². The first-order chi connectivity index (χ1) is 28.1. The molecule has 12 nitrogen and oxygen atoms in total. The van der Waals surface area contributed by atoms with E-state index in [0.717, 1.165) is 11.1 Å². The molecule has 0 aliphatic heterocycles. The van der Waals surface area contributed by atoms with Gasteiger partial charge in [-0.3, -0.25) is 24.1 Å². The fourth-order valence-electron chi connectivity index (χ4n) is 8.69. The van der Waals surface area contributed by atoms with Crippen molar-refractivity contribution >= 4 is 53.3 Å². The number of hydrogen-bond donors (Lipinski definition) is 1. The molecule has 1 unspecified atom stereocenters. The molecule has 1 N–H and O–H groups in total. The van der Waals surface area contributed by atoms with Crippen molar-refractivity contribution in [1.82, 2.24) is 15.0 Å². The van der Waals surface area contributed by atoms with Gasteiger partial charge in [-0.05, 0) is 94.2 Å². The summed E-state index contributed by atoms with van der Waals surface area (Å²) in [6.45, 7) is 16.2. The third-order valence-electron chi connectivity index (χ3n) is 12.5. The van der Waals surface area contributed by atoms with Gasteiger partial charge in [-0.15, -0.1) is 0 Å².